The van der Waals surface area contributed by atoms with Crippen molar-refractivity contribution in [1.82, 2.24) is 24.3 Å². The Kier molecular flexibility index (Phi) is 6.05. The van der Waals surface area contributed by atoms with Gasteiger partial charge in [0, 0.05) is 71.3 Å². The van der Waals surface area contributed by atoms with Crippen LogP contribution in [0.5, 0.6) is 0 Å². The van der Waals surface area contributed by atoms with Crippen molar-refractivity contribution in [2.24, 2.45) is 7.05 Å². The molecule has 39 heavy (non-hydrogen) atoms. The van der Waals surface area contributed by atoms with E-state index in [0.717, 1.165) is 25.5 Å². The summed E-state index contributed by atoms with van der Waals surface area (Å²) in [5.41, 5.74) is 2.67. The number of aromatic nitrogens is 5. The maximum absolute atomic E-state index is 14.1. The van der Waals surface area contributed by atoms with Crippen LogP contribution >= 0.6 is 15.9 Å². The quantitative estimate of drug-likeness (QED) is 0.249. The van der Waals surface area contributed by atoms with Crippen LogP contribution in [0.1, 0.15) is 32.7 Å². The van der Waals surface area contributed by atoms with Gasteiger partial charge in [-0.3, -0.25) is 14.5 Å². The molecule has 4 heterocycles. The van der Waals surface area contributed by atoms with Crippen molar-refractivity contribution in [1.29, 1.82) is 0 Å². The summed E-state index contributed by atoms with van der Waals surface area (Å²) in [6.07, 6.45) is 5.52. The summed E-state index contributed by atoms with van der Waals surface area (Å²) in [7, 11) is 1.46. The van der Waals surface area contributed by atoms with Crippen LogP contribution in [0.3, 0.4) is 0 Å². The zero-order valence-corrected chi connectivity index (χ0v) is 22.6. The van der Waals surface area contributed by atoms with Crippen LogP contribution in [-0.2, 0) is 26.2 Å². The van der Waals surface area contributed by atoms with Crippen LogP contribution in [0.15, 0.2) is 66.0 Å². The Morgan fingerprint density at radius 2 is 1.82 bits per heavy atom. The molecule has 0 bridgehead atoms. The Morgan fingerprint density at radius 1 is 1.03 bits per heavy atom. The second-order valence-electron chi connectivity index (χ2n) is 9.67. The lowest BCUT2D eigenvalue weighted by Gasteiger charge is -2.31. The van der Waals surface area contributed by atoms with Gasteiger partial charge in [-0.05, 0) is 59.9 Å². The van der Waals surface area contributed by atoms with Gasteiger partial charge in [-0.2, -0.15) is 18.3 Å². The number of imidazole rings is 1. The highest BCUT2D eigenvalue weighted by Crippen LogP contribution is 2.41. The molecule has 1 amide bonds. The van der Waals surface area contributed by atoms with Crippen molar-refractivity contribution in [3.05, 3.63) is 94.0 Å². The zero-order valence-electron chi connectivity index (χ0n) is 21.0. The minimum Gasteiger partial charge on any atom is -0.333 e. The van der Waals surface area contributed by atoms with Gasteiger partial charge < -0.3 is 9.47 Å². The third-order valence-corrected chi connectivity index (χ3v) is 7.58. The highest BCUT2D eigenvalue weighted by Gasteiger charge is 2.39. The molecule has 6 rings (SSSR count). The molecule has 0 fully saturated rings. The lowest BCUT2D eigenvalue weighted by molar-refractivity contribution is -0.140. The summed E-state index contributed by atoms with van der Waals surface area (Å²) in [6.45, 7) is 2.62. The van der Waals surface area contributed by atoms with Gasteiger partial charge in [0.2, 0.25) is 0 Å². The molecule has 0 N–H and O–H groups in total. The predicted molar refractivity (Wildman–Crippen MR) is 145 cm³/mol. The molecule has 2 aromatic carbocycles. The molecule has 0 atom stereocenters. The van der Waals surface area contributed by atoms with Gasteiger partial charge in [0.05, 0.1) is 18.2 Å². The van der Waals surface area contributed by atoms with Gasteiger partial charge in [-0.1, -0.05) is 15.9 Å². The van der Waals surface area contributed by atoms with E-state index in [1.165, 1.54) is 13.2 Å². The number of alkyl halides is 3. The minimum atomic E-state index is -4.64. The van der Waals surface area contributed by atoms with Crippen molar-refractivity contribution in [3.63, 3.8) is 0 Å². The number of fused-ring (bicyclic) bond motifs is 2. The molecule has 0 radical (unpaired) electrons. The monoisotopic (exact) mass is 594 g/mol. The Morgan fingerprint density at radius 3 is 2.56 bits per heavy atom. The van der Waals surface area contributed by atoms with E-state index in [-0.39, 0.29) is 11.5 Å². The fourth-order valence-electron chi connectivity index (χ4n) is 5.27. The molecule has 0 saturated heterocycles. The average Bonchev–Trinajstić information content (AvgIpc) is 3.53. The van der Waals surface area contributed by atoms with E-state index in [1.54, 1.807) is 52.7 Å². The Balaban J connectivity index is 1.53. The second-order valence-corrected chi connectivity index (χ2v) is 10.5. The number of pyridine rings is 1. The summed E-state index contributed by atoms with van der Waals surface area (Å²) in [5, 5.41) is 5.46. The first-order valence-electron chi connectivity index (χ1n) is 12.2. The number of amides is 1. The van der Waals surface area contributed by atoms with E-state index >= 15 is 0 Å². The Bertz CT molecular complexity index is 1740. The summed E-state index contributed by atoms with van der Waals surface area (Å²) >= 11 is 3.59. The molecule has 7 nitrogen and oxygen atoms in total. The van der Waals surface area contributed by atoms with E-state index in [2.05, 4.69) is 31.0 Å². The highest BCUT2D eigenvalue weighted by atomic mass is 79.9. The predicted octanol–water partition coefficient (Wildman–Crippen LogP) is 6.17. The molecule has 11 heteroatoms. The fourth-order valence-corrected chi connectivity index (χ4v) is 5.95. The van der Waals surface area contributed by atoms with E-state index in [0.29, 0.717) is 47.5 Å². The Hall–Kier alpha value is -3.99. The molecule has 5 aromatic rings. The van der Waals surface area contributed by atoms with Gasteiger partial charge in [0.15, 0.2) is 5.69 Å². The summed E-state index contributed by atoms with van der Waals surface area (Å²) < 4.78 is 45.8. The second kappa shape index (κ2) is 9.33. The topological polar surface area (TPSA) is 68.8 Å². The molecular weight excluding hydrogens is 573 g/mol. The number of hydrogen-bond acceptors (Lipinski definition) is 4. The van der Waals surface area contributed by atoms with E-state index in [4.69, 9.17) is 0 Å². The van der Waals surface area contributed by atoms with Gasteiger partial charge >= 0.3 is 6.18 Å². The molecular formula is C28H22BrF3N6O. The smallest absolute Gasteiger partial charge is 0.333 e. The largest absolute Gasteiger partial charge is 0.435 e. The summed E-state index contributed by atoms with van der Waals surface area (Å²) in [4.78, 5) is 24.2. The number of nitrogens with zero attached hydrogens (tertiary/aromatic N) is 6. The molecule has 1 aliphatic rings. The van der Waals surface area contributed by atoms with Gasteiger partial charge in [-0.25, -0.2) is 4.98 Å². The van der Waals surface area contributed by atoms with Crippen molar-refractivity contribution in [2.45, 2.75) is 26.1 Å². The van der Waals surface area contributed by atoms with Crippen LogP contribution in [-0.4, -0.2) is 36.8 Å². The first-order chi connectivity index (χ1) is 18.6. The lowest BCUT2D eigenvalue weighted by Crippen LogP contribution is -2.38. The third kappa shape index (κ3) is 4.50. The molecule has 198 valence electrons. The van der Waals surface area contributed by atoms with Crippen LogP contribution in [0, 0.1) is 6.92 Å². The molecule has 3 aromatic heterocycles. The van der Waals surface area contributed by atoms with Crippen LogP contribution in [0.4, 0.5) is 18.9 Å². The van der Waals surface area contributed by atoms with Crippen molar-refractivity contribution in [2.75, 3.05) is 11.4 Å². The van der Waals surface area contributed by atoms with Gasteiger partial charge in [0.25, 0.3) is 5.91 Å². The molecule has 0 unspecified atom stereocenters. The molecule has 0 aliphatic carbocycles. The maximum Gasteiger partial charge on any atom is 0.435 e. The van der Waals surface area contributed by atoms with Crippen molar-refractivity contribution < 1.29 is 18.0 Å². The number of carbonyl (C=O) groups excluding carboxylic acids is 1. The number of aryl methyl sites for hydroxylation is 2. The van der Waals surface area contributed by atoms with Gasteiger partial charge in [0.1, 0.15) is 0 Å². The number of halogens is 4. The lowest BCUT2D eigenvalue weighted by atomic mass is 9.88. The third-order valence-electron chi connectivity index (χ3n) is 6.92. The van der Waals surface area contributed by atoms with Crippen LogP contribution in [0.2, 0.25) is 0 Å². The summed E-state index contributed by atoms with van der Waals surface area (Å²) in [6, 6.07) is 7.50. The summed E-state index contributed by atoms with van der Waals surface area (Å²) in [5.74, 6) is -0.283. The minimum absolute atomic E-state index is 0.0404. The average molecular weight is 595 g/mol. The maximum atomic E-state index is 14.1. The first kappa shape index (κ1) is 25.3. The van der Waals surface area contributed by atoms with Crippen molar-refractivity contribution >= 4 is 38.3 Å². The van der Waals surface area contributed by atoms with E-state index in [9.17, 15) is 18.0 Å². The van der Waals surface area contributed by atoms with E-state index in [1.807, 2.05) is 19.1 Å². The molecule has 0 saturated carbocycles. The number of carbonyl (C=O) groups is 1. The Labute approximate surface area is 230 Å². The molecule has 0 spiro atoms. The number of hydrogen-bond donors (Lipinski definition) is 0. The molecule has 1 aliphatic heterocycles. The van der Waals surface area contributed by atoms with E-state index < -0.39 is 11.9 Å². The number of rotatable bonds is 4. The zero-order chi connectivity index (χ0) is 27.5. The van der Waals surface area contributed by atoms with Gasteiger partial charge in [-0.15, -0.1) is 0 Å². The normalized spacial score (nSPS) is 13.8. The van der Waals surface area contributed by atoms with Crippen molar-refractivity contribution in [3.8, 4) is 11.1 Å². The fraction of sp³-hybridized carbons (Fsp3) is 0.214. The standard InChI is InChI=1S/C28H22BrF3N6O/c1-16-7-20-22(24(29)8-16)11-34-12-25(20)38-5-3-18-19(23-14-36(2)35-26(23)28(30,31)32)9-17(10-21(18)27(38)39)13-37-6-4-33-15-37/h4,6-12,14-15H,3,5,13H2,1-2H3. The number of anilines is 1. The van der Waals surface area contributed by atoms with Crippen LogP contribution < -0.4 is 4.90 Å². The van der Waals surface area contributed by atoms with Crippen LogP contribution in [0.25, 0.3) is 21.9 Å². The first-order valence-corrected chi connectivity index (χ1v) is 13.0. The SMILES string of the molecule is Cc1cc(Br)c2cncc(N3CCc4c(cc(Cn5ccnc5)cc4-c4cn(C)nc4C(F)(F)F)C3=O)c2c1. The highest BCUT2D eigenvalue weighted by molar-refractivity contribution is 9.10. The number of benzene rings is 2.